The Hall–Kier alpha value is -0.530. The molecule has 2 nitrogen and oxygen atoms in total. The molecule has 1 heterocycles. The fourth-order valence-corrected chi connectivity index (χ4v) is 2.51. The van der Waals surface area contributed by atoms with Crippen LogP contribution in [-0.2, 0) is 4.79 Å². The third kappa shape index (κ3) is 1.59. The minimum atomic E-state index is 0.315. The first-order valence-electron chi connectivity index (χ1n) is 5.49. The van der Waals surface area contributed by atoms with Gasteiger partial charge in [-0.3, -0.25) is 4.79 Å². The van der Waals surface area contributed by atoms with Crippen molar-refractivity contribution in [3.8, 4) is 0 Å². The molecule has 0 spiro atoms. The molecule has 2 aliphatic rings. The predicted molar refractivity (Wildman–Crippen MR) is 52.2 cm³/mol. The number of carbonyl (C=O) groups excluding carboxylic acids is 1. The van der Waals surface area contributed by atoms with Gasteiger partial charge in [-0.2, -0.15) is 0 Å². The molecule has 1 saturated heterocycles. The summed E-state index contributed by atoms with van der Waals surface area (Å²) in [5, 5.41) is 3.03. The van der Waals surface area contributed by atoms with E-state index in [1.165, 1.54) is 19.3 Å². The summed E-state index contributed by atoms with van der Waals surface area (Å²) in [6.07, 6.45) is 5.06. The van der Waals surface area contributed by atoms with E-state index in [9.17, 15) is 4.79 Å². The van der Waals surface area contributed by atoms with E-state index in [1.807, 2.05) is 0 Å². The molecule has 13 heavy (non-hydrogen) atoms. The van der Waals surface area contributed by atoms with Gasteiger partial charge in [0.2, 0.25) is 5.91 Å². The van der Waals surface area contributed by atoms with Gasteiger partial charge in [0, 0.05) is 6.04 Å². The molecule has 2 rings (SSSR count). The molecule has 1 aliphatic heterocycles. The van der Waals surface area contributed by atoms with Crippen LogP contribution in [-0.4, -0.2) is 11.9 Å². The van der Waals surface area contributed by atoms with Crippen LogP contribution < -0.4 is 5.32 Å². The van der Waals surface area contributed by atoms with E-state index in [-0.39, 0.29) is 0 Å². The Balaban J connectivity index is 1.87. The number of hydrogen-bond acceptors (Lipinski definition) is 1. The molecular weight excluding hydrogens is 162 g/mol. The first-order valence-corrected chi connectivity index (χ1v) is 5.49. The zero-order valence-corrected chi connectivity index (χ0v) is 8.55. The number of amides is 1. The van der Waals surface area contributed by atoms with Crippen molar-refractivity contribution in [3.05, 3.63) is 0 Å². The van der Waals surface area contributed by atoms with E-state index in [0.717, 1.165) is 12.3 Å². The molecule has 2 fully saturated rings. The summed E-state index contributed by atoms with van der Waals surface area (Å²) >= 11 is 0. The first-order chi connectivity index (χ1) is 6.18. The quantitative estimate of drug-likeness (QED) is 0.662. The lowest BCUT2D eigenvalue weighted by molar-refractivity contribution is -0.140. The number of β-lactam (4-membered cyclic amide) rings is 1. The van der Waals surface area contributed by atoms with Crippen LogP contribution in [0.2, 0.25) is 0 Å². The monoisotopic (exact) mass is 181 g/mol. The topological polar surface area (TPSA) is 29.1 Å². The molecule has 74 valence electrons. The zero-order valence-electron chi connectivity index (χ0n) is 8.55. The maximum absolute atomic E-state index is 11.3. The van der Waals surface area contributed by atoms with Crippen LogP contribution in [0, 0.1) is 17.8 Å². The molecular formula is C11H19NO. The lowest BCUT2D eigenvalue weighted by Gasteiger charge is -2.45. The molecule has 0 aromatic rings. The summed E-state index contributed by atoms with van der Waals surface area (Å²) in [6.45, 7) is 4.45. The maximum Gasteiger partial charge on any atom is 0.225 e. The van der Waals surface area contributed by atoms with Crippen molar-refractivity contribution >= 4 is 5.91 Å². The van der Waals surface area contributed by atoms with Gasteiger partial charge < -0.3 is 5.32 Å². The Labute approximate surface area is 80.1 Å². The first kappa shape index (κ1) is 9.04. The van der Waals surface area contributed by atoms with Crippen LogP contribution in [0.1, 0.15) is 39.5 Å². The van der Waals surface area contributed by atoms with Crippen LogP contribution in [0.25, 0.3) is 0 Å². The maximum atomic E-state index is 11.3. The highest BCUT2D eigenvalue weighted by atomic mass is 16.2. The number of hydrogen-bond donors (Lipinski definition) is 1. The number of nitrogens with one attached hydrogen (secondary N) is 1. The highest BCUT2D eigenvalue weighted by molar-refractivity contribution is 5.86. The SMILES string of the molecule is CC(C)CC1NC(=O)C1C1CCC1. The van der Waals surface area contributed by atoms with Gasteiger partial charge in [0.25, 0.3) is 0 Å². The second-order valence-corrected chi connectivity index (χ2v) is 4.96. The van der Waals surface area contributed by atoms with Crippen molar-refractivity contribution in [2.45, 2.75) is 45.6 Å². The van der Waals surface area contributed by atoms with Gasteiger partial charge in [-0.25, -0.2) is 0 Å². The summed E-state index contributed by atoms with van der Waals surface area (Å²) in [7, 11) is 0. The molecule has 0 aromatic heterocycles. The molecule has 0 aromatic carbocycles. The largest absolute Gasteiger partial charge is 0.352 e. The van der Waals surface area contributed by atoms with Crippen molar-refractivity contribution in [2.24, 2.45) is 17.8 Å². The highest BCUT2D eigenvalue weighted by Crippen LogP contribution is 2.40. The normalized spacial score (nSPS) is 33.9. The molecule has 2 heteroatoms. The van der Waals surface area contributed by atoms with Crippen molar-refractivity contribution in [1.82, 2.24) is 5.32 Å². The van der Waals surface area contributed by atoms with Crippen molar-refractivity contribution in [1.29, 1.82) is 0 Å². The smallest absolute Gasteiger partial charge is 0.225 e. The van der Waals surface area contributed by atoms with Gasteiger partial charge in [-0.1, -0.05) is 20.3 Å². The van der Waals surface area contributed by atoms with E-state index in [4.69, 9.17) is 0 Å². The summed E-state index contributed by atoms with van der Waals surface area (Å²) in [4.78, 5) is 11.3. The van der Waals surface area contributed by atoms with Gasteiger partial charge in [-0.05, 0) is 31.1 Å². The summed E-state index contributed by atoms with van der Waals surface area (Å²) in [5.41, 5.74) is 0. The third-order valence-electron chi connectivity index (χ3n) is 3.45. The van der Waals surface area contributed by atoms with E-state index >= 15 is 0 Å². The van der Waals surface area contributed by atoms with Gasteiger partial charge in [0.15, 0.2) is 0 Å². The molecule has 0 bridgehead atoms. The number of rotatable bonds is 3. The Bertz CT molecular complexity index is 208. The van der Waals surface area contributed by atoms with Crippen LogP contribution in [0.5, 0.6) is 0 Å². The Morgan fingerprint density at radius 1 is 1.46 bits per heavy atom. The minimum Gasteiger partial charge on any atom is -0.352 e. The standard InChI is InChI=1S/C11H19NO/c1-7(2)6-9-10(11(13)12-9)8-4-3-5-8/h7-10H,3-6H2,1-2H3,(H,12,13). The fourth-order valence-electron chi connectivity index (χ4n) is 2.51. The second kappa shape index (κ2) is 3.32. The van der Waals surface area contributed by atoms with E-state index in [2.05, 4.69) is 19.2 Å². The van der Waals surface area contributed by atoms with E-state index in [0.29, 0.717) is 23.8 Å². The summed E-state index contributed by atoms with van der Waals surface area (Å²) in [5.74, 6) is 2.11. The molecule has 0 radical (unpaired) electrons. The zero-order chi connectivity index (χ0) is 9.42. The summed E-state index contributed by atoms with van der Waals surface area (Å²) in [6, 6.07) is 0.498. The molecule has 2 unspecified atom stereocenters. The van der Waals surface area contributed by atoms with Crippen molar-refractivity contribution in [3.63, 3.8) is 0 Å². The summed E-state index contributed by atoms with van der Waals surface area (Å²) < 4.78 is 0. The van der Waals surface area contributed by atoms with E-state index in [1.54, 1.807) is 0 Å². The average Bonchev–Trinajstić information content (AvgIpc) is 1.95. The lowest BCUT2D eigenvalue weighted by atomic mass is 9.67. The lowest BCUT2D eigenvalue weighted by Crippen LogP contribution is -2.62. The average molecular weight is 181 g/mol. The number of carbonyl (C=O) groups is 1. The second-order valence-electron chi connectivity index (χ2n) is 4.96. The molecule has 1 aliphatic carbocycles. The van der Waals surface area contributed by atoms with Crippen LogP contribution >= 0.6 is 0 Å². The fraction of sp³-hybridized carbons (Fsp3) is 0.909. The Morgan fingerprint density at radius 2 is 2.15 bits per heavy atom. The molecule has 1 amide bonds. The Morgan fingerprint density at radius 3 is 2.54 bits per heavy atom. The molecule has 1 N–H and O–H groups in total. The van der Waals surface area contributed by atoms with Gasteiger partial charge >= 0.3 is 0 Å². The van der Waals surface area contributed by atoms with Gasteiger partial charge in [0.1, 0.15) is 0 Å². The highest BCUT2D eigenvalue weighted by Gasteiger charge is 2.45. The third-order valence-corrected chi connectivity index (χ3v) is 3.45. The van der Waals surface area contributed by atoms with Crippen molar-refractivity contribution < 1.29 is 4.79 Å². The van der Waals surface area contributed by atoms with E-state index < -0.39 is 0 Å². The Kier molecular flexibility index (Phi) is 2.31. The van der Waals surface area contributed by atoms with Gasteiger partial charge in [0.05, 0.1) is 5.92 Å². The van der Waals surface area contributed by atoms with Gasteiger partial charge in [-0.15, -0.1) is 0 Å². The van der Waals surface area contributed by atoms with Crippen LogP contribution in [0.3, 0.4) is 0 Å². The van der Waals surface area contributed by atoms with Crippen LogP contribution in [0.15, 0.2) is 0 Å². The van der Waals surface area contributed by atoms with Crippen LogP contribution in [0.4, 0.5) is 0 Å². The molecule has 2 atom stereocenters. The molecule has 1 saturated carbocycles. The predicted octanol–water partition coefficient (Wildman–Crippen LogP) is 1.95. The minimum absolute atomic E-state index is 0.315. The van der Waals surface area contributed by atoms with Crippen molar-refractivity contribution in [2.75, 3.05) is 0 Å².